The molecule has 0 saturated carbocycles. The number of hydrogen-bond acceptors (Lipinski definition) is 3. The first-order chi connectivity index (χ1) is 10.6. The van der Waals surface area contributed by atoms with Gasteiger partial charge in [-0.05, 0) is 43.2 Å². The van der Waals surface area contributed by atoms with Crippen molar-refractivity contribution in [1.82, 2.24) is 0 Å². The van der Waals surface area contributed by atoms with Gasteiger partial charge in [-0.15, -0.1) is 0 Å². The summed E-state index contributed by atoms with van der Waals surface area (Å²) >= 11 is 0. The summed E-state index contributed by atoms with van der Waals surface area (Å²) in [7, 11) is 0. The molecule has 2 rings (SSSR count). The normalized spacial score (nSPS) is 15.5. The highest BCUT2D eigenvalue weighted by atomic mass is 16.5. The number of nitrogens with one attached hydrogen (secondary N) is 1. The van der Waals surface area contributed by atoms with Gasteiger partial charge in [-0.25, -0.2) is 0 Å². The van der Waals surface area contributed by atoms with Crippen LogP contribution < -0.4 is 5.32 Å². The van der Waals surface area contributed by atoms with Crippen molar-refractivity contribution < 1.29 is 19.4 Å². The first-order valence-electron chi connectivity index (χ1n) is 7.82. The van der Waals surface area contributed by atoms with Crippen molar-refractivity contribution in [1.29, 1.82) is 0 Å². The molecule has 22 heavy (non-hydrogen) atoms. The summed E-state index contributed by atoms with van der Waals surface area (Å²) in [6.07, 6.45) is 4.47. The van der Waals surface area contributed by atoms with Crippen molar-refractivity contribution in [2.45, 2.75) is 38.5 Å². The Balaban J connectivity index is 1.77. The number of benzene rings is 1. The van der Waals surface area contributed by atoms with E-state index in [1.807, 2.05) is 0 Å². The fraction of sp³-hybridized carbons (Fsp3) is 0.529. The number of para-hydroxylation sites is 1. The highest BCUT2D eigenvalue weighted by molar-refractivity contribution is 5.92. The van der Waals surface area contributed by atoms with Crippen LogP contribution in [-0.4, -0.2) is 30.2 Å². The summed E-state index contributed by atoms with van der Waals surface area (Å²) < 4.78 is 5.32. The zero-order valence-corrected chi connectivity index (χ0v) is 12.7. The minimum atomic E-state index is -0.902. The summed E-state index contributed by atoms with van der Waals surface area (Å²) in [4.78, 5) is 22.8. The second-order valence-corrected chi connectivity index (χ2v) is 5.72. The maximum atomic E-state index is 12.0. The molecule has 2 N–H and O–H groups in total. The number of carboxylic acids is 1. The minimum Gasteiger partial charge on any atom is -0.481 e. The van der Waals surface area contributed by atoms with Gasteiger partial charge in [0, 0.05) is 25.3 Å². The molecule has 0 bridgehead atoms. The van der Waals surface area contributed by atoms with E-state index in [0.717, 1.165) is 38.9 Å². The fourth-order valence-electron chi connectivity index (χ4n) is 2.76. The molecule has 1 aromatic carbocycles. The SMILES string of the molecule is O=C(O)Cc1ccccc1NC(=O)CCCC1CCOCC1. The van der Waals surface area contributed by atoms with Crippen molar-refractivity contribution in [2.75, 3.05) is 18.5 Å². The van der Waals surface area contributed by atoms with Gasteiger partial charge in [0.05, 0.1) is 6.42 Å². The summed E-state index contributed by atoms with van der Waals surface area (Å²) in [6, 6.07) is 7.04. The average Bonchev–Trinajstić information content (AvgIpc) is 2.50. The Kier molecular flexibility index (Phi) is 6.40. The third kappa shape index (κ3) is 5.48. The van der Waals surface area contributed by atoms with E-state index in [9.17, 15) is 9.59 Å². The number of carbonyl (C=O) groups is 2. The molecule has 0 spiro atoms. The largest absolute Gasteiger partial charge is 0.481 e. The quantitative estimate of drug-likeness (QED) is 0.812. The van der Waals surface area contributed by atoms with Gasteiger partial charge in [-0.3, -0.25) is 9.59 Å². The number of carbonyl (C=O) groups excluding carboxylic acids is 1. The Morgan fingerprint density at radius 1 is 1.23 bits per heavy atom. The number of anilines is 1. The van der Waals surface area contributed by atoms with Gasteiger partial charge in [0.15, 0.2) is 0 Å². The Hall–Kier alpha value is -1.88. The predicted octanol–water partition coefficient (Wildman–Crippen LogP) is 2.85. The van der Waals surface area contributed by atoms with E-state index in [0.29, 0.717) is 23.6 Å². The van der Waals surface area contributed by atoms with E-state index in [2.05, 4.69) is 5.32 Å². The number of aliphatic carboxylic acids is 1. The first kappa shape index (κ1) is 16.5. The van der Waals surface area contributed by atoms with Crippen molar-refractivity contribution in [3.8, 4) is 0 Å². The van der Waals surface area contributed by atoms with Crippen LogP contribution in [-0.2, 0) is 20.7 Å². The number of ether oxygens (including phenoxy) is 1. The first-order valence-corrected chi connectivity index (χ1v) is 7.82. The van der Waals surface area contributed by atoms with E-state index >= 15 is 0 Å². The Morgan fingerprint density at radius 2 is 1.95 bits per heavy atom. The molecule has 1 aromatic rings. The third-order valence-corrected chi connectivity index (χ3v) is 3.99. The predicted molar refractivity (Wildman–Crippen MR) is 83.8 cm³/mol. The van der Waals surface area contributed by atoms with Crippen molar-refractivity contribution >= 4 is 17.6 Å². The van der Waals surface area contributed by atoms with Crippen LogP contribution in [0.4, 0.5) is 5.69 Å². The molecule has 1 fully saturated rings. The lowest BCUT2D eigenvalue weighted by molar-refractivity contribution is -0.136. The smallest absolute Gasteiger partial charge is 0.307 e. The second kappa shape index (κ2) is 8.54. The molecule has 5 heteroatoms. The van der Waals surface area contributed by atoms with Crippen LogP contribution >= 0.6 is 0 Å². The highest BCUT2D eigenvalue weighted by Crippen LogP contribution is 2.21. The molecule has 0 aliphatic carbocycles. The zero-order chi connectivity index (χ0) is 15.8. The van der Waals surface area contributed by atoms with Crippen LogP contribution in [0.3, 0.4) is 0 Å². The van der Waals surface area contributed by atoms with E-state index in [1.54, 1.807) is 24.3 Å². The molecule has 1 heterocycles. The van der Waals surface area contributed by atoms with Crippen LogP contribution in [0.15, 0.2) is 24.3 Å². The van der Waals surface area contributed by atoms with E-state index < -0.39 is 5.97 Å². The van der Waals surface area contributed by atoms with E-state index in [4.69, 9.17) is 9.84 Å². The van der Waals surface area contributed by atoms with Crippen LogP contribution in [0.1, 0.15) is 37.7 Å². The summed E-state index contributed by atoms with van der Waals surface area (Å²) in [5.74, 6) is -0.285. The van der Waals surface area contributed by atoms with Gasteiger partial charge >= 0.3 is 5.97 Å². The molecule has 0 atom stereocenters. The maximum Gasteiger partial charge on any atom is 0.307 e. The summed E-state index contributed by atoms with van der Waals surface area (Å²) in [5.41, 5.74) is 1.23. The van der Waals surface area contributed by atoms with Gasteiger partial charge in [-0.1, -0.05) is 18.2 Å². The lowest BCUT2D eigenvalue weighted by Crippen LogP contribution is -2.17. The fourth-order valence-corrected chi connectivity index (χ4v) is 2.76. The zero-order valence-electron chi connectivity index (χ0n) is 12.7. The topological polar surface area (TPSA) is 75.6 Å². The average molecular weight is 305 g/mol. The molecule has 1 aliphatic rings. The Morgan fingerprint density at radius 3 is 2.68 bits per heavy atom. The molecule has 0 radical (unpaired) electrons. The standard InChI is InChI=1S/C17H23NO4/c19-16(7-3-4-13-8-10-22-11-9-13)18-15-6-2-1-5-14(15)12-17(20)21/h1-2,5-6,13H,3-4,7-12H2,(H,18,19)(H,20,21). The Bertz CT molecular complexity index is 509. The summed E-state index contributed by atoms with van der Waals surface area (Å²) in [6.45, 7) is 1.67. The van der Waals surface area contributed by atoms with Crippen LogP contribution in [0, 0.1) is 5.92 Å². The van der Waals surface area contributed by atoms with Crippen molar-refractivity contribution in [3.63, 3.8) is 0 Å². The lowest BCUT2D eigenvalue weighted by Gasteiger charge is -2.21. The monoisotopic (exact) mass is 305 g/mol. The van der Waals surface area contributed by atoms with Crippen LogP contribution in [0.25, 0.3) is 0 Å². The molecule has 1 amide bonds. The van der Waals surface area contributed by atoms with Gasteiger partial charge in [0.1, 0.15) is 0 Å². The third-order valence-electron chi connectivity index (χ3n) is 3.99. The number of hydrogen-bond donors (Lipinski definition) is 2. The van der Waals surface area contributed by atoms with Gasteiger partial charge in [0.2, 0.25) is 5.91 Å². The van der Waals surface area contributed by atoms with Gasteiger partial charge < -0.3 is 15.2 Å². The van der Waals surface area contributed by atoms with Gasteiger partial charge in [-0.2, -0.15) is 0 Å². The highest BCUT2D eigenvalue weighted by Gasteiger charge is 2.14. The molecular formula is C17H23NO4. The molecule has 1 saturated heterocycles. The van der Waals surface area contributed by atoms with Crippen molar-refractivity contribution in [2.24, 2.45) is 5.92 Å². The van der Waals surface area contributed by atoms with Gasteiger partial charge in [0.25, 0.3) is 0 Å². The number of rotatable bonds is 7. The van der Waals surface area contributed by atoms with Crippen LogP contribution in [0.2, 0.25) is 0 Å². The van der Waals surface area contributed by atoms with E-state index in [-0.39, 0.29) is 12.3 Å². The van der Waals surface area contributed by atoms with Crippen LogP contribution in [0.5, 0.6) is 0 Å². The molecule has 0 aromatic heterocycles. The molecule has 5 nitrogen and oxygen atoms in total. The Labute approximate surface area is 130 Å². The molecule has 0 unspecified atom stereocenters. The minimum absolute atomic E-state index is 0.0510. The number of carboxylic acid groups (broad SMARTS) is 1. The molecule has 120 valence electrons. The molecule has 1 aliphatic heterocycles. The van der Waals surface area contributed by atoms with Crippen molar-refractivity contribution in [3.05, 3.63) is 29.8 Å². The molecular weight excluding hydrogens is 282 g/mol. The maximum absolute atomic E-state index is 12.0. The van der Waals surface area contributed by atoms with E-state index in [1.165, 1.54) is 0 Å². The second-order valence-electron chi connectivity index (χ2n) is 5.72. The summed E-state index contributed by atoms with van der Waals surface area (Å²) in [5, 5.41) is 11.7. The lowest BCUT2D eigenvalue weighted by atomic mass is 9.94. The number of amides is 1.